The molecule has 2 atom stereocenters. The molecule has 1 aromatic heterocycles. The fourth-order valence-corrected chi connectivity index (χ4v) is 6.96. The number of hydrogen-bond acceptors (Lipinski definition) is 6. The van der Waals surface area contributed by atoms with Crippen molar-refractivity contribution in [3.05, 3.63) is 122 Å². The molecule has 268 valence electrons. The number of amides is 1. The zero-order chi connectivity index (χ0) is 36.4. The average Bonchev–Trinajstić information content (AvgIpc) is 3.08. The molecular formula is C40H42F3N3O5. The first-order valence-electron chi connectivity index (χ1n) is 17.3. The van der Waals surface area contributed by atoms with Gasteiger partial charge in [-0.05, 0) is 97.8 Å². The van der Waals surface area contributed by atoms with Crippen LogP contribution in [-0.2, 0) is 33.8 Å². The van der Waals surface area contributed by atoms with Gasteiger partial charge in [0.15, 0.2) is 0 Å². The van der Waals surface area contributed by atoms with Gasteiger partial charge in [0, 0.05) is 48.1 Å². The Balaban J connectivity index is 1.55. The Kier molecular flexibility index (Phi) is 10.7. The maximum absolute atomic E-state index is 16.2. The highest BCUT2D eigenvalue weighted by Crippen LogP contribution is 2.38. The molecule has 0 aliphatic carbocycles. The molecule has 6 rings (SSSR count). The summed E-state index contributed by atoms with van der Waals surface area (Å²) < 4.78 is 58.5. The third-order valence-electron chi connectivity index (χ3n) is 9.63. The van der Waals surface area contributed by atoms with Crippen LogP contribution in [0.2, 0.25) is 0 Å². The van der Waals surface area contributed by atoms with E-state index in [4.69, 9.17) is 9.47 Å². The van der Waals surface area contributed by atoms with Gasteiger partial charge in [-0.1, -0.05) is 25.1 Å². The highest BCUT2D eigenvalue weighted by molar-refractivity contribution is 5.85. The van der Waals surface area contributed by atoms with E-state index in [9.17, 15) is 18.8 Å². The van der Waals surface area contributed by atoms with E-state index >= 15 is 8.78 Å². The first kappa shape index (κ1) is 35.9. The van der Waals surface area contributed by atoms with E-state index in [-0.39, 0.29) is 29.9 Å². The molecule has 3 aromatic carbocycles. The number of halogens is 3. The summed E-state index contributed by atoms with van der Waals surface area (Å²) in [5.41, 5.74) is 3.56. The van der Waals surface area contributed by atoms with Gasteiger partial charge in [-0.2, -0.15) is 0 Å². The van der Waals surface area contributed by atoms with Crippen LogP contribution in [0.4, 0.5) is 13.2 Å². The van der Waals surface area contributed by atoms with Gasteiger partial charge < -0.3 is 14.8 Å². The van der Waals surface area contributed by atoms with E-state index in [1.54, 1.807) is 44.2 Å². The van der Waals surface area contributed by atoms with Crippen molar-refractivity contribution in [2.75, 3.05) is 26.2 Å². The zero-order valence-electron chi connectivity index (χ0n) is 29.2. The minimum Gasteiger partial charge on any atom is -0.488 e. The average molecular weight is 702 g/mol. The number of hydrogen-bond donors (Lipinski definition) is 1. The molecule has 4 bridgehead atoms. The van der Waals surface area contributed by atoms with Crippen LogP contribution >= 0.6 is 0 Å². The molecule has 1 fully saturated rings. The van der Waals surface area contributed by atoms with Crippen molar-refractivity contribution in [2.24, 2.45) is 0 Å². The fourth-order valence-electron chi connectivity index (χ4n) is 6.96. The van der Waals surface area contributed by atoms with Crippen molar-refractivity contribution < 1.29 is 32.2 Å². The van der Waals surface area contributed by atoms with Gasteiger partial charge in [0.05, 0.1) is 19.1 Å². The molecule has 4 aromatic rings. The number of aromatic nitrogens is 1. The number of nitrogens with one attached hydrogen (secondary N) is 1. The minimum absolute atomic E-state index is 0.0111. The Morgan fingerprint density at radius 2 is 1.78 bits per heavy atom. The molecule has 3 heterocycles. The van der Waals surface area contributed by atoms with Crippen LogP contribution in [0.25, 0.3) is 11.1 Å². The first-order chi connectivity index (χ1) is 24.5. The maximum atomic E-state index is 16.2. The van der Waals surface area contributed by atoms with Gasteiger partial charge in [0.1, 0.15) is 36.2 Å². The van der Waals surface area contributed by atoms with Crippen LogP contribution < -0.4 is 15.6 Å². The number of pyridine rings is 1. The van der Waals surface area contributed by atoms with Crippen LogP contribution in [0, 0.1) is 25.5 Å². The third kappa shape index (κ3) is 7.58. The normalized spacial score (nSPS) is 17.8. The van der Waals surface area contributed by atoms with E-state index in [0.29, 0.717) is 66.0 Å². The number of aryl methyl sites for hydroxylation is 3. The van der Waals surface area contributed by atoms with E-state index in [1.807, 2.05) is 30.9 Å². The molecule has 1 amide bonds. The number of esters is 1. The molecule has 51 heavy (non-hydrogen) atoms. The summed E-state index contributed by atoms with van der Waals surface area (Å²) in [6, 6.07) is 12.1. The number of alkyl halides is 1. The number of rotatable bonds is 8. The number of carbonyl (C=O) groups excluding carboxylic acids is 2. The molecule has 2 aliphatic heterocycles. The molecule has 8 nitrogen and oxygen atoms in total. The van der Waals surface area contributed by atoms with E-state index in [0.717, 1.165) is 5.56 Å². The van der Waals surface area contributed by atoms with Crippen molar-refractivity contribution >= 4 is 11.9 Å². The molecule has 2 aliphatic rings. The van der Waals surface area contributed by atoms with Crippen LogP contribution in [0.3, 0.4) is 0 Å². The van der Waals surface area contributed by atoms with Crippen LogP contribution in [0.1, 0.15) is 71.3 Å². The summed E-state index contributed by atoms with van der Waals surface area (Å²) in [7, 11) is 0. The van der Waals surface area contributed by atoms with Crippen molar-refractivity contribution in [1.82, 2.24) is 14.8 Å². The summed E-state index contributed by atoms with van der Waals surface area (Å²) in [6.45, 7) is 8.23. The standard InChI is InChI=1S/C40H42F3N3O5/c1-5-27-15-25(12-13-45-20-29(41)21-45)19-46(40(27)49)38-30-16-26(10-11-32(30)42)22-51-34-9-7-8-23(3)36(34)28-14-24(4)37(43)31(17-28)33(44-39(38)48)18-35(47)50-6-2/h7-11,14-17,19,29,33,38H,5-6,12-13,18,20-22H2,1-4H3,(H,44,48)/t33-,38-/m0/s1. The van der Waals surface area contributed by atoms with E-state index in [2.05, 4.69) is 5.32 Å². The van der Waals surface area contributed by atoms with Gasteiger partial charge in [-0.15, -0.1) is 0 Å². The fraction of sp³-hybridized carbons (Fsp3) is 0.375. The van der Waals surface area contributed by atoms with E-state index in [1.165, 1.54) is 22.9 Å². The quantitative estimate of drug-likeness (QED) is 0.212. The highest BCUT2D eigenvalue weighted by atomic mass is 19.1. The smallest absolute Gasteiger partial charge is 0.308 e. The second-order valence-corrected chi connectivity index (χ2v) is 13.3. The first-order valence-corrected chi connectivity index (χ1v) is 17.3. The molecule has 0 radical (unpaired) electrons. The molecule has 0 spiro atoms. The van der Waals surface area contributed by atoms with Crippen molar-refractivity contribution in [1.29, 1.82) is 0 Å². The minimum atomic E-state index is -1.54. The third-order valence-corrected chi connectivity index (χ3v) is 9.63. The Morgan fingerprint density at radius 1 is 1.00 bits per heavy atom. The molecule has 11 heteroatoms. The second-order valence-electron chi connectivity index (χ2n) is 13.3. The molecular weight excluding hydrogens is 659 g/mol. The lowest BCUT2D eigenvalue weighted by molar-refractivity contribution is -0.143. The lowest BCUT2D eigenvalue weighted by Gasteiger charge is -2.34. The van der Waals surface area contributed by atoms with Crippen molar-refractivity contribution in [3.63, 3.8) is 0 Å². The Hall–Kier alpha value is -4.90. The van der Waals surface area contributed by atoms with Gasteiger partial charge in [-0.25, -0.2) is 13.2 Å². The molecule has 1 saturated heterocycles. The zero-order valence-corrected chi connectivity index (χ0v) is 29.2. The predicted octanol–water partition coefficient (Wildman–Crippen LogP) is 6.46. The Bertz CT molecular complexity index is 2020. The Morgan fingerprint density at radius 3 is 2.51 bits per heavy atom. The van der Waals surface area contributed by atoms with Crippen LogP contribution in [0.15, 0.2) is 65.6 Å². The number of carbonyl (C=O) groups is 2. The SMILES string of the molecule is CCOC(=O)C[C@@H]1NC(=O)[C@@H](n2cc(CCN3CC(F)C3)cc(CC)c2=O)c2cc(ccc2F)COc2cccc(C)c2-c2cc(C)c(F)c1c2. The number of nitrogens with zero attached hydrogens (tertiary/aromatic N) is 2. The largest absolute Gasteiger partial charge is 0.488 e. The van der Waals surface area contributed by atoms with Gasteiger partial charge in [-0.3, -0.25) is 23.9 Å². The van der Waals surface area contributed by atoms with E-state index < -0.39 is 53.7 Å². The van der Waals surface area contributed by atoms with Crippen molar-refractivity contribution in [3.8, 4) is 16.9 Å². The van der Waals surface area contributed by atoms with Crippen LogP contribution in [0.5, 0.6) is 5.75 Å². The number of benzene rings is 3. The second kappa shape index (κ2) is 15.1. The lowest BCUT2D eigenvalue weighted by atomic mass is 9.91. The van der Waals surface area contributed by atoms with Gasteiger partial charge in [0.2, 0.25) is 5.91 Å². The number of likely N-dealkylation sites (tertiary alicyclic amines) is 1. The summed E-state index contributed by atoms with van der Waals surface area (Å²) in [5.74, 6) is -2.35. The molecule has 1 N–H and O–H groups in total. The lowest BCUT2D eigenvalue weighted by Crippen LogP contribution is -2.49. The predicted molar refractivity (Wildman–Crippen MR) is 187 cm³/mol. The van der Waals surface area contributed by atoms with Crippen molar-refractivity contribution in [2.45, 2.75) is 71.8 Å². The van der Waals surface area contributed by atoms with Gasteiger partial charge in [0.25, 0.3) is 5.56 Å². The topological polar surface area (TPSA) is 89.9 Å². The number of ether oxygens (including phenoxy) is 2. The Labute approximate surface area is 295 Å². The number of fused-ring (bicyclic) bond motifs is 6. The van der Waals surface area contributed by atoms with Gasteiger partial charge >= 0.3 is 5.97 Å². The highest BCUT2D eigenvalue weighted by Gasteiger charge is 2.33. The monoisotopic (exact) mass is 701 g/mol. The molecule has 0 saturated carbocycles. The summed E-state index contributed by atoms with van der Waals surface area (Å²) in [5, 5.41) is 2.83. The maximum Gasteiger partial charge on any atom is 0.308 e. The van der Waals surface area contributed by atoms with Crippen LogP contribution in [-0.4, -0.2) is 53.8 Å². The summed E-state index contributed by atoms with van der Waals surface area (Å²) in [6.07, 6.45) is 1.05. The summed E-state index contributed by atoms with van der Waals surface area (Å²) >= 11 is 0. The summed E-state index contributed by atoms with van der Waals surface area (Å²) in [4.78, 5) is 43.6. The molecule has 0 unspecified atom stereocenters.